The molecule has 5 heteroatoms. The molecule has 0 aromatic heterocycles. The second kappa shape index (κ2) is 7.43. The zero-order valence-electron chi connectivity index (χ0n) is 11.5. The van der Waals surface area contributed by atoms with E-state index in [0.29, 0.717) is 12.0 Å². The van der Waals surface area contributed by atoms with Crippen molar-refractivity contribution in [1.82, 2.24) is 5.32 Å². The largest absolute Gasteiger partial charge is 0.480 e. The highest BCUT2D eigenvalue weighted by Gasteiger charge is 2.24. The van der Waals surface area contributed by atoms with Crippen molar-refractivity contribution in [3.63, 3.8) is 0 Å². The molecule has 0 aliphatic heterocycles. The van der Waals surface area contributed by atoms with Gasteiger partial charge in [0.15, 0.2) is 0 Å². The van der Waals surface area contributed by atoms with Gasteiger partial charge in [-0.05, 0) is 29.7 Å². The number of hydrogen-bond acceptors (Lipinski definition) is 2. The molecule has 0 aliphatic rings. The summed E-state index contributed by atoms with van der Waals surface area (Å²) in [6, 6.07) is 4.85. The molecule has 0 heterocycles. The molecule has 1 rings (SSSR count). The summed E-state index contributed by atoms with van der Waals surface area (Å²) in [6.07, 6.45) is 3.28. The molecular weight excluding hydrogens is 261 g/mol. The fourth-order valence-electron chi connectivity index (χ4n) is 1.67. The molecular formula is C15H18FNO3. The summed E-state index contributed by atoms with van der Waals surface area (Å²) in [7, 11) is 0. The maximum Gasteiger partial charge on any atom is 0.326 e. The SMILES string of the molecule is CCC(C)[C@H](NC(=O)/C=C/c1cccc(F)c1)C(=O)O. The predicted octanol–water partition coefficient (Wildman–Crippen LogP) is 2.45. The minimum Gasteiger partial charge on any atom is -0.480 e. The summed E-state index contributed by atoms with van der Waals surface area (Å²) in [5.41, 5.74) is 0.538. The van der Waals surface area contributed by atoms with Crippen molar-refractivity contribution in [2.45, 2.75) is 26.3 Å². The van der Waals surface area contributed by atoms with E-state index in [1.165, 1.54) is 30.4 Å². The lowest BCUT2D eigenvalue weighted by atomic mass is 9.99. The number of aliphatic carboxylic acids is 1. The molecule has 1 aromatic rings. The van der Waals surface area contributed by atoms with Crippen LogP contribution >= 0.6 is 0 Å². The van der Waals surface area contributed by atoms with Crippen LogP contribution in [0.5, 0.6) is 0 Å². The Kier molecular flexibility index (Phi) is 5.90. The zero-order valence-corrected chi connectivity index (χ0v) is 11.5. The van der Waals surface area contributed by atoms with Crippen LogP contribution < -0.4 is 5.32 Å². The maximum absolute atomic E-state index is 12.9. The Balaban J connectivity index is 2.68. The van der Waals surface area contributed by atoms with Crippen molar-refractivity contribution in [3.05, 3.63) is 41.7 Å². The summed E-state index contributed by atoms with van der Waals surface area (Å²) in [4.78, 5) is 22.7. The van der Waals surface area contributed by atoms with Crippen molar-refractivity contribution in [2.75, 3.05) is 0 Å². The highest BCUT2D eigenvalue weighted by Crippen LogP contribution is 2.09. The van der Waals surface area contributed by atoms with Crippen LogP contribution in [0.2, 0.25) is 0 Å². The first-order valence-electron chi connectivity index (χ1n) is 6.41. The quantitative estimate of drug-likeness (QED) is 0.786. The number of carbonyl (C=O) groups excluding carboxylic acids is 1. The molecule has 1 unspecified atom stereocenters. The second-order valence-corrected chi connectivity index (χ2v) is 4.60. The minimum absolute atomic E-state index is 0.168. The lowest BCUT2D eigenvalue weighted by Gasteiger charge is -2.19. The van der Waals surface area contributed by atoms with Gasteiger partial charge < -0.3 is 10.4 Å². The lowest BCUT2D eigenvalue weighted by Crippen LogP contribution is -2.44. The summed E-state index contributed by atoms with van der Waals surface area (Å²) in [5.74, 6) is -2.14. The normalized spacial score (nSPS) is 13.9. The van der Waals surface area contributed by atoms with Gasteiger partial charge in [-0.3, -0.25) is 4.79 Å². The molecule has 0 fully saturated rings. The van der Waals surface area contributed by atoms with Crippen molar-refractivity contribution in [2.24, 2.45) is 5.92 Å². The molecule has 4 nitrogen and oxygen atoms in total. The Morgan fingerprint density at radius 1 is 1.45 bits per heavy atom. The topological polar surface area (TPSA) is 66.4 Å². The number of benzene rings is 1. The third-order valence-electron chi connectivity index (χ3n) is 3.05. The van der Waals surface area contributed by atoms with Gasteiger partial charge in [0.1, 0.15) is 11.9 Å². The van der Waals surface area contributed by atoms with Crippen LogP contribution in [0.25, 0.3) is 6.08 Å². The lowest BCUT2D eigenvalue weighted by molar-refractivity contribution is -0.142. The monoisotopic (exact) mass is 279 g/mol. The van der Waals surface area contributed by atoms with Crippen LogP contribution in [0.1, 0.15) is 25.8 Å². The summed E-state index contributed by atoms with van der Waals surface area (Å²) in [6.45, 7) is 3.62. The summed E-state index contributed by atoms with van der Waals surface area (Å²) >= 11 is 0. The molecule has 0 bridgehead atoms. The number of carbonyl (C=O) groups is 2. The molecule has 20 heavy (non-hydrogen) atoms. The fourth-order valence-corrected chi connectivity index (χ4v) is 1.67. The van der Waals surface area contributed by atoms with Gasteiger partial charge in [0.2, 0.25) is 5.91 Å². The first kappa shape index (κ1) is 15.9. The number of halogens is 1. The van der Waals surface area contributed by atoms with Gasteiger partial charge in [0, 0.05) is 6.08 Å². The van der Waals surface area contributed by atoms with Gasteiger partial charge in [0.25, 0.3) is 0 Å². The van der Waals surface area contributed by atoms with Crippen LogP contribution in [0, 0.1) is 11.7 Å². The molecule has 0 radical (unpaired) electrons. The summed E-state index contributed by atoms with van der Waals surface area (Å²) in [5, 5.41) is 11.5. The number of amides is 1. The van der Waals surface area contributed by atoms with E-state index < -0.39 is 23.7 Å². The molecule has 2 N–H and O–H groups in total. The van der Waals surface area contributed by atoms with Crippen molar-refractivity contribution in [3.8, 4) is 0 Å². The Labute approximate surface area is 117 Å². The third kappa shape index (κ3) is 4.84. The van der Waals surface area contributed by atoms with E-state index in [1.54, 1.807) is 13.0 Å². The van der Waals surface area contributed by atoms with Crippen LogP contribution in [0.15, 0.2) is 30.3 Å². The molecule has 0 saturated carbocycles. The highest BCUT2D eigenvalue weighted by atomic mass is 19.1. The van der Waals surface area contributed by atoms with Gasteiger partial charge in [-0.1, -0.05) is 32.4 Å². The van der Waals surface area contributed by atoms with Gasteiger partial charge in [-0.25, -0.2) is 9.18 Å². The Morgan fingerprint density at radius 3 is 2.70 bits per heavy atom. The van der Waals surface area contributed by atoms with Gasteiger partial charge >= 0.3 is 5.97 Å². The molecule has 1 amide bonds. The zero-order chi connectivity index (χ0) is 15.1. The average molecular weight is 279 g/mol. The predicted molar refractivity (Wildman–Crippen MR) is 74.5 cm³/mol. The first-order valence-corrected chi connectivity index (χ1v) is 6.41. The van der Waals surface area contributed by atoms with Gasteiger partial charge in [0.05, 0.1) is 0 Å². The molecule has 2 atom stereocenters. The van der Waals surface area contributed by atoms with Crippen LogP contribution in [0.4, 0.5) is 4.39 Å². The minimum atomic E-state index is -1.06. The standard InChI is InChI=1S/C15H18FNO3/c1-3-10(2)14(15(19)20)17-13(18)8-7-11-5-4-6-12(16)9-11/h4-10,14H,3H2,1-2H3,(H,17,18)(H,19,20)/b8-7+/t10?,14-/m0/s1. The van der Waals surface area contributed by atoms with Crippen molar-refractivity contribution >= 4 is 18.0 Å². The third-order valence-corrected chi connectivity index (χ3v) is 3.05. The van der Waals surface area contributed by atoms with E-state index in [-0.39, 0.29) is 5.92 Å². The van der Waals surface area contributed by atoms with E-state index in [1.807, 2.05) is 6.92 Å². The van der Waals surface area contributed by atoms with Gasteiger partial charge in [-0.2, -0.15) is 0 Å². The molecule has 0 aliphatic carbocycles. The number of carboxylic acids is 1. The van der Waals surface area contributed by atoms with E-state index in [2.05, 4.69) is 5.32 Å². The highest BCUT2D eigenvalue weighted by molar-refractivity contribution is 5.94. The maximum atomic E-state index is 12.9. The van der Waals surface area contributed by atoms with Crippen LogP contribution in [-0.2, 0) is 9.59 Å². The number of rotatable bonds is 6. The smallest absolute Gasteiger partial charge is 0.326 e. The van der Waals surface area contributed by atoms with Crippen LogP contribution in [0.3, 0.4) is 0 Å². The van der Waals surface area contributed by atoms with Crippen molar-refractivity contribution < 1.29 is 19.1 Å². The molecule has 0 spiro atoms. The number of nitrogens with one attached hydrogen (secondary N) is 1. The van der Waals surface area contributed by atoms with Crippen LogP contribution in [-0.4, -0.2) is 23.0 Å². The van der Waals surface area contributed by atoms with E-state index in [0.717, 1.165) is 0 Å². The Morgan fingerprint density at radius 2 is 2.15 bits per heavy atom. The molecule has 1 aromatic carbocycles. The average Bonchev–Trinajstić information content (AvgIpc) is 2.41. The molecule has 0 saturated heterocycles. The van der Waals surface area contributed by atoms with Gasteiger partial charge in [-0.15, -0.1) is 0 Å². The Hall–Kier alpha value is -2.17. The van der Waals surface area contributed by atoms with Crippen molar-refractivity contribution in [1.29, 1.82) is 0 Å². The summed E-state index contributed by atoms with van der Waals surface area (Å²) < 4.78 is 12.9. The Bertz CT molecular complexity index is 514. The number of carboxylic acid groups (broad SMARTS) is 1. The number of hydrogen-bond donors (Lipinski definition) is 2. The first-order chi connectivity index (χ1) is 9.43. The second-order valence-electron chi connectivity index (χ2n) is 4.60. The van der Waals surface area contributed by atoms with E-state index in [4.69, 9.17) is 5.11 Å². The van der Waals surface area contributed by atoms with E-state index in [9.17, 15) is 14.0 Å². The van der Waals surface area contributed by atoms with E-state index >= 15 is 0 Å². The fraction of sp³-hybridized carbons (Fsp3) is 0.333. The molecule has 108 valence electrons.